The Morgan fingerprint density at radius 3 is 2.06 bits per heavy atom. The first-order valence-corrected chi connectivity index (χ1v) is 11.5. The van der Waals surface area contributed by atoms with Crippen molar-refractivity contribution < 1.29 is 14.6 Å². The zero-order chi connectivity index (χ0) is 22.8. The number of hydrogen-bond donors (Lipinski definition) is 1. The molecule has 0 spiro atoms. The zero-order valence-electron chi connectivity index (χ0n) is 19.0. The monoisotopic (exact) mass is 432 g/mol. The first-order chi connectivity index (χ1) is 15.6. The first-order valence-electron chi connectivity index (χ1n) is 11.5. The third-order valence-electron chi connectivity index (χ3n) is 5.63. The van der Waals surface area contributed by atoms with E-state index in [0.717, 1.165) is 41.0 Å². The summed E-state index contributed by atoms with van der Waals surface area (Å²) in [5.74, 6) is 0.213. The van der Waals surface area contributed by atoms with Gasteiger partial charge in [-0.25, -0.2) is 9.97 Å². The van der Waals surface area contributed by atoms with Gasteiger partial charge in [0.15, 0.2) is 5.82 Å². The second-order valence-electron chi connectivity index (χ2n) is 8.00. The molecule has 1 N–H and O–H groups in total. The molecular weight excluding hydrogens is 400 g/mol. The van der Waals surface area contributed by atoms with Crippen LogP contribution in [-0.4, -0.2) is 27.7 Å². The summed E-state index contributed by atoms with van der Waals surface area (Å²) in [6.45, 7) is 4.85. The Kier molecular flexibility index (Phi) is 8.79. The van der Waals surface area contributed by atoms with E-state index in [0.29, 0.717) is 12.2 Å². The topological polar surface area (TPSA) is 72.3 Å². The van der Waals surface area contributed by atoms with Crippen molar-refractivity contribution in [2.75, 3.05) is 6.61 Å². The zero-order valence-corrected chi connectivity index (χ0v) is 19.0. The highest BCUT2D eigenvalue weighted by molar-refractivity contribution is 5.76. The molecule has 0 aliphatic carbocycles. The third-order valence-corrected chi connectivity index (χ3v) is 5.63. The maximum absolute atomic E-state index is 11.3. The predicted molar refractivity (Wildman–Crippen MR) is 128 cm³/mol. The molecule has 0 saturated heterocycles. The Labute approximate surface area is 190 Å². The van der Waals surface area contributed by atoms with Gasteiger partial charge in [0.05, 0.1) is 12.5 Å². The lowest BCUT2D eigenvalue weighted by atomic mass is 9.95. The molecule has 5 nitrogen and oxygen atoms in total. The molecule has 0 fully saturated rings. The standard InChI is InChI=1S/C27H32N2O3/c1-3-5-6-7-8-17-32-24-15-13-20(14-16-24)23-18-28-26(29-19-23)22-11-9-21(10-12-22)25(4-2)27(30)31/h9-16,18-19,25H,3-8,17H2,1-2H3,(H,30,31). The highest BCUT2D eigenvalue weighted by atomic mass is 16.5. The van der Waals surface area contributed by atoms with E-state index in [1.807, 2.05) is 67.8 Å². The van der Waals surface area contributed by atoms with E-state index in [9.17, 15) is 9.90 Å². The number of hydrogen-bond acceptors (Lipinski definition) is 4. The van der Waals surface area contributed by atoms with Crippen LogP contribution in [0.1, 0.15) is 63.9 Å². The lowest BCUT2D eigenvalue weighted by molar-refractivity contribution is -0.138. The molecule has 5 heteroatoms. The smallest absolute Gasteiger partial charge is 0.310 e. The summed E-state index contributed by atoms with van der Waals surface area (Å²) in [6, 6.07) is 15.5. The SMILES string of the molecule is CCCCCCCOc1ccc(-c2cnc(-c3ccc(C(CC)C(=O)O)cc3)nc2)cc1. The number of carboxylic acids is 1. The molecule has 0 aliphatic rings. The largest absolute Gasteiger partial charge is 0.494 e. The molecule has 0 radical (unpaired) electrons. The molecule has 0 aliphatic heterocycles. The van der Waals surface area contributed by atoms with Gasteiger partial charge < -0.3 is 9.84 Å². The van der Waals surface area contributed by atoms with Crippen molar-refractivity contribution in [2.24, 2.45) is 0 Å². The fourth-order valence-electron chi connectivity index (χ4n) is 3.68. The fraction of sp³-hybridized carbons (Fsp3) is 0.370. The molecule has 0 bridgehead atoms. The van der Waals surface area contributed by atoms with E-state index in [1.165, 1.54) is 25.7 Å². The van der Waals surface area contributed by atoms with Crippen molar-refractivity contribution in [3.8, 4) is 28.3 Å². The molecule has 0 amide bonds. The van der Waals surface area contributed by atoms with Crippen LogP contribution in [0.15, 0.2) is 60.9 Å². The summed E-state index contributed by atoms with van der Waals surface area (Å²) < 4.78 is 5.84. The van der Waals surface area contributed by atoms with Gasteiger partial charge in [-0.15, -0.1) is 0 Å². The number of rotatable bonds is 12. The summed E-state index contributed by atoms with van der Waals surface area (Å²) >= 11 is 0. The summed E-state index contributed by atoms with van der Waals surface area (Å²) in [5, 5.41) is 9.32. The quantitative estimate of drug-likeness (QED) is 0.321. The normalized spacial score (nSPS) is 11.8. The maximum atomic E-state index is 11.3. The van der Waals surface area contributed by atoms with Gasteiger partial charge in [0.2, 0.25) is 0 Å². The molecular formula is C27H32N2O3. The average molecular weight is 433 g/mol. The number of unbranched alkanes of at least 4 members (excludes halogenated alkanes) is 4. The van der Waals surface area contributed by atoms with Gasteiger partial charge >= 0.3 is 5.97 Å². The molecule has 3 aromatic rings. The van der Waals surface area contributed by atoms with Gasteiger partial charge in [-0.2, -0.15) is 0 Å². The highest BCUT2D eigenvalue weighted by Crippen LogP contribution is 2.25. The molecule has 1 unspecified atom stereocenters. The summed E-state index contributed by atoms with van der Waals surface area (Å²) in [6.07, 6.45) is 10.3. The first kappa shape index (κ1) is 23.5. The predicted octanol–water partition coefficient (Wildman–Crippen LogP) is 6.74. The number of benzene rings is 2. The van der Waals surface area contributed by atoms with Gasteiger partial charge in [0.1, 0.15) is 5.75 Å². The van der Waals surface area contributed by atoms with Crippen molar-refractivity contribution in [3.63, 3.8) is 0 Å². The fourth-order valence-corrected chi connectivity index (χ4v) is 3.68. The summed E-state index contributed by atoms with van der Waals surface area (Å²) in [4.78, 5) is 20.4. The Bertz CT molecular complexity index is 967. The van der Waals surface area contributed by atoms with Crippen LogP contribution in [0.3, 0.4) is 0 Å². The molecule has 0 saturated carbocycles. The lowest BCUT2D eigenvalue weighted by Gasteiger charge is -2.10. The lowest BCUT2D eigenvalue weighted by Crippen LogP contribution is -2.10. The van der Waals surface area contributed by atoms with Crippen LogP contribution < -0.4 is 4.74 Å². The van der Waals surface area contributed by atoms with Crippen LogP contribution in [0, 0.1) is 0 Å². The van der Waals surface area contributed by atoms with Crippen molar-refractivity contribution in [3.05, 3.63) is 66.5 Å². The van der Waals surface area contributed by atoms with Crippen molar-refractivity contribution >= 4 is 5.97 Å². The molecule has 168 valence electrons. The average Bonchev–Trinajstić information content (AvgIpc) is 2.82. The van der Waals surface area contributed by atoms with Crippen molar-refractivity contribution in [1.82, 2.24) is 9.97 Å². The second kappa shape index (κ2) is 12.0. The molecule has 2 aromatic carbocycles. The van der Waals surface area contributed by atoms with Crippen LogP contribution in [0.25, 0.3) is 22.5 Å². The Hall–Kier alpha value is -3.21. The Morgan fingerprint density at radius 1 is 0.844 bits per heavy atom. The second-order valence-corrected chi connectivity index (χ2v) is 8.00. The van der Waals surface area contributed by atoms with Crippen LogP contribution >= 0.6 is 0 Å². The number of aromatic nitrogens is 2. The third kappa shape index (κ3) is 6.39. The van der Waals surface area contributed by atoms with E-state index in [2.05, 4.69) is 16.9 Å². The minimum absolute atomic E-state index is 0.486. The van der Waals surface area contributed by atoms with Crippen molar-refractivity contribution in [2.45, 2.75) is 58.3 Å². The molecule has 32 heavy (non-hydrogen) atoms. The van der Waals surface area contributed by atoms with Gasteiger partial charge in [-0.1, -0.05) is 75.9 Å². The van der Waals surface area contributed by atoms with Crippen molar-refractivity contribution in [1.29, 1.82) is 0 Å². The van der Waals surface area contributed by atoms with E-state index in [-0.39, 0.29) is 0 Å². The summed E-state index contributed by atoms with van der Waals surface area (Å²) in [5.41, 5.74) is 3.63. The summed E-state index contributed by atoms with van der Waals surface area (Å²) in [7, 11) is 0. The molecule has 3 rings (SSSR count). The maximum Gasteiger partial charge on any atom is 0.310 e. The molecule has 1 atom stereocenters. The van der Waals surface area contributed by atoms with Gasteiger partial charge in [-0.3, -0.25) is 4.79 Å². The highest BCUT2D eigenvalue weighted by Gasteiger charge is 2.17. The van der Waals surface area contributed by atoms with E-state index in [4.69, 9.17) is 4.74 Å². The number of carboxylic acid groups (broad SMARTS) is 1. The minimum atomic E-state index is -0.802. The Morgan fingerprint density at radius 2 is 1.47 bits per heavy atom. The van der Waals surface area contributed by atoms with Gasteiger partial charge in [-0.05, 0) is 36.1 Å². The van der Waals surface area contributed by atoms with Crippen LogP contribution in [0.2, 0.25) is 0 Å². The Balaban J connectivity index is 1.59. The number of aliphatic carboxylic acids is 1. The van der Waals surface area contributed by atoms with Crippen LogP contribution in [0.4, 0.5) is 0 Å². The van der Waals surface area contributed by atoms with Gasteiger partial charge in [0.25, 0.3) is 0 Å². The minimum Gasteiger partial charge on any atom is -0.494 e. The van der Waals surface area contributed by atoms with E-state index in [1.54, 1.807) is 0 Å². The van der Waals surface area contributed by atoms with Gasteiger partial charge in [0, 0.05) is 23.5 Å². The van der Waals surface area contributed by atoms with Crippen LogP contribution in [-0.2, 0) is 4.79 Å². The molecule has 1 heterocycles. The van der Waals surface area contributed by atoms with E-state index < -0.39 is 11.9 Å². The number of nitrogens with zero attached hydrogens (tertiary/aromatic N) is 2. The number of carbonyl (C=O) groups is 1. The number of ether oxygens (including phenoxy) is 1. The van der Waals surface area contributed by atoms with E-state index >= 15 is 0 Å². The van der Waals surface area contributed by atoms with Crippen LogP contribution in [0.5, 0.6) is 5.75 Å². The molecule has 1 aromatic heterocycles.